The normalized spacial score (nSPS) is 52.9. The van der Waals surface area contributed by atoms with Crippen LogP contribution >= 0.6 is 0 Å². The molecule has 2 heterocycles. The first-order valence-electron chi connectivity index (χ1n) is 3.23. The maximum absolute atomic E-state index is 5.40. The lowest BCUT2D eigenvalue weighted by molar-refractivity contribution is 0.0815. The molecule has 0 aromatic carbocycles. The number of fused-ring (bicyclic) bond motifs is 2. The van der Waals surface area contributed by atoms with Gasteiger partial charge in [0.1, 0.15) is 0 Å². The van der Waals surface area contributed by atoms with Gasteiger partial charge < -0.3 is 10.1 Å². The van der Waals surface area contributed by atoms with Crippen molar-refractivity contribution in [3.05, 3.63) is 0 Å². The van der Waals surface area contributed by atoms with Gasteiger partial charge in [-0.05, 0) is 0 Å². The Labute approximate surface area is 49.2 Å². The van der Waals surface area contributed by atoms with Crippen LogP contribution in [0.3, 0.4) is 0 Å². The van der Waals surface area contributed by atoms with Crippen LogP contribution in [0, 0.1) is 5.92 Å². The molecule has 0 spiro atoms. The fraction of sp³-hybridized carbons (Fsp3) is 1.00. The highest BCUT2D eigenvalue weighted by Crippen LogP contribution is 2.25. The predicted octanol–water partition coefficient (Wildman–Crippen LogP) is -0.00690. The molecule has 0 unspecified atom stereocenters. The molecule has 0 saturated carbocycles. The summed E-state index contributed by atoms with van der Waals surface area (Å²) in [5, 5.41) is 3.38. The molecule has 2 rings (SSSR count). The van der Waals surface area contributed by atoms with Crippen molar-refractivity contribution >= 4 is 0 Å². The minimum atomic E-state index is 0.528. The van der Waals surface area contributed by atoms with Gasteiger partial charge in [0.25, 0.3) is 0 Å². The highest BCUT2D eigenvalue weighted by molar-refractivity contribution is 4.93. The van der Waals surface area contributed by atoms with Gasteiger partial charge in [-0.1, -0.05) is 6.92 Å². The van der Waals surface area contributed by atoms with E-state index in [9.17, 15) is 0 Å². The van der Waals surface area contributed by atoms with Crippen LogP contribution < -0.4 is 5.32 Å². The Morgan fingerprint density at radius 3 is 2.62 bits per heavy atom. The van der Waals surface area contributed by atoms with Gasteiger partial charge in [-0.2, -0.15) is 0 Å². The zero-order valence-electron chi connectivity index (χ0n) is 5.05. The van der Waals surface area contributed by atoms with Crippen LogP contribution in [0.1, 0.15) is 6.92 Å². The zero-order chi connectivity index (χ0) is 5.56. The Morgan fingerprint density at radius 1 is 1.62 bits per heavy atom. The second-order valence-electron chi connectivity index (χ2n) is 2.75. The molecular formula is C6H11NO. The van der Waals surface area contributed by atoms with Gasteiger partial charge in [0.2, 0.25) is 0 Å². The number of ether oxygens (including phenoxy) is 1. The number of nitrogens with one attached hydrogen (secondary N) is 1. The van der Waals surface area contributed by atoms with E-state index in [1.165, 1.54) is 0 Å². The smallest absolute Gasteiger partial charge is 0.0741 e. The van der Waals surface area contributed by atoms with Crippen molar-refractivity contribution in [3.63, 3.8) is 0 Å². The maximum atomic E-state index is 5.40. The van der Waals surface area contributed by atoms with Gasteiger partial charge in [0, 0.05) is 18.5 Å². The summed E-state index contributed by atoms with van der Waals surface area (Å²) in [6.45, 7) is 4.26. The van der Waals surface area contributed by atoms with E-state index in [1.807, 2.05) is 0 Å². The molecule has 2 saturated heterocycles. The summed E-state index contributed by atoms with van der Waals surface area (Å²) in [7, 11) is 0. The fourth-order valence-corrected chi connectivity index (χ4v) is 1.55. The lowest BCUT2D eigenvalue weighted by atomic mass is 10.1. The van der Waals surface area contributed by atoms with E-state index in [1.54, 1.807) is 0 Å². The molecule has 0 amide bonds. The van der Waals surface area contributed by atoms with Gasteiger partial charge in [-0.3, -0.25) is 0 Å². The molecule has 2 aliphatic rings. The SMILES string of the molecule is C[C@@H]1[C@H]2CO[C@@H]1CN2. The number of hydrogen-bond donors (Lipinski definition) is 1. The molecule has 0 aromatic heterocycles. The first-order chi connectivity index (χ1) is 3.88. The van der Waals surface area contributed by atoms with Gasteiger partial charge in [-0.15, -0.1) is 0 Å². The fourth-order valence-electron chi connectivity index (χ4n) is 1.55. The zero-order valence-corrected chi connectivity index (χ0v) is 5.05. The molecule has 8 heavy (non-hydrogen) atoms. The van der Waals surface area contributed by atoms with Gasteiger partial charge in [0.05, 0.1) is 12.7 Å². The Hall–Kier alpha value is -0.0800. The number of morpholine rings is 1. The first-order valence-corrected chi connectivity index (χ1v) is 3.23. The van der Waals surface area contributed by atoms with Crippen LogP contribution in [0.2, 0.25) is 0 Å². The van der Waals surface area contributed by atoms with Crippen molar-refractivity contribution in [1.82, 2.24) is 5.32 Å². The Balaban J connectivity index is 2.16. The van der Waals surface area contributed by atoms with Crippen molar-refractivity contribution in [2.45, 2.75) is 19.1 Å². The average Bonchev–Trinajstić information content (AvgIpc) is 2.29. The van der Waals surface area contributed by atoms with Crippen LogP contribution in [-0.4, -0.2) is 25.3 Å². The summed E-state index contributed by atoms with van der Waals surface area (Å²) >= 11 is 0. The molecule has 0 aliphatic carbocycles. The minimum absolute atomic E-state index is 0.528. The molecule has 2 nitrogen and oxygen atoms in total. The highest BCUT2D eigenvalue weighted by Gasteiger charge is 2.39. The van der Waals surface area contributed by atoms with Crippen molar-refractivity contribution in [2.75, 3.05) is 13.2 Å². The van der Waals surface area contributed by atoms with Crippen molar-refractivity contribution in [3.8, 4) is 0 Å². The van der Waals surface area contributed by atoms with E-state index >= 15 is 0 Å². The van der Waals surface area contributed by atoms with Crippen molar-refractivity contribution < 1.29 is 4.74 Å². The Kier molecular flexibility index (Phi) is 0.866. The maximum Gasteiger partial charge on any atom is 0.0741 e. The minimum Gasteiger partial charge on any atom is -0.375 e. The van der Waals surface area contributed by atoms with E-state index in [0.717, 1.165) is 19.1 Å². The van der Waals surface area contributed by atoms with Crippen LogP contribution in [0.4, 0.5) is 0 Å². The molecule has 3 atom stereocenters. The molecule has 2 bridgehead atoms. The third kappa shape index (κ3) is 0.446. The topological polar surface area (TPSA) is 21.3 Å². The number of rotatable bonds is 0. The highest BCUT2D eigenvalue weighted by atomic mass is 16.5. The van der Waals surface area contributed by atoms with Crippen LogP contribution in [-0.2, 0) is 4.74 Å². The third-order valence-corrected chi connectivity index (χ3v) is 2.29. The standard InChI is InChI=1S/C6H11NO/c1-4-5-3-8-6(4)2-7-5/h4-7H,2-3H2,1H3/t4-,5-,6-/m1/s1. The second-order valence-corrected chi connectivity index (χ2v) is 2.75. The molecule has 0 radical (unpaired) electrons. The molecule has 0 aromatic rings. The summed E-state index contributed by atoms with van der Waals surface area (Å²) in [6, 6.07) is 0.667. The molecule has 2 aliphatic heterocycles. The van der Waals surface area contributed by atoms with Gasteiger partial charge in [-0.25, -0.2) is 0 Å². The van der Waals surface area contributed by atoms with Crippen LogP contribution in [0.15, 0.2) is 0 Å². The predicted molar refractivity (Wildman–Crippen MR) is 30.7 cm³/mol. The van der Waals surface area contributed by atoms with E-state index < -0.39 is 0 Å². The van der Waals surface area contributed by atoms with Crippen LogP contribution in [0.5, 0.6) is 0 Å². The largest absolute Gasteiger partial charge is 0.375 e. The van der Waals surface area contributed by atoms with E-state index in [4.69, 9.17) is 4.74 Å². The second kappa shape index (κ2) is 1.45. The summed E-state index contributed by atoms with van der Waals surface area (Å²) < 4.78 is 5.40. The lowest BCUT2D eigenvalue weighted by Gasteiger charge is -2.09. The number of hydrogen-bond acceptors (Lipinski definition) is 2. The molecule has 46 valence electrons. The first kappa shape index (κ1) is 4.77. The monoisotopic (exact) mass is 113 g/mol. The van der Waals surface area contributed by atoms with E-state index in [0.29, 0.717) is 12.1 Å². The van der Waals surface area contributed by atoms with Gasteiger partial charge in [0.15, 0.2) is 0 Å². The quantitative estimate of drug-likeness (QED) is 0.477. The third-order valence-electron chi connectivity index (χ3n) is 2.29. The lowest BCUT2D eigenvalue weighted by Crippen LogP contribution is -2.31. The summed E-state index contributed by atoms with van der Waals surface area (Å²) in [6.07, 6.45) is 0.528. The van der Waals surface area contributed by atoms with E-state index in [-0.39, 0.29) is 0 Å². The Bertz CT molecular complexity index is 84.7. The summed E-state index contributed by atoms with van der Waals surface area (Å²) in [5.41, 5.74) is 0. The molecular weight excluding hydrogens is 102 g/mol. The summed E-state index contributed by atoms with van der Waals surface area (Å²) in [5.74, 6) is 0.759. The van der Waals surface area contributed by atoms with Crippen molar-refractivity contribution in [2.24, 2.45) is 5.92 Å². The van der Waals surface area contributed by atoms with Crippen LogP contribution in [0.25, 0.3) is 0 Å². The summed E-state index contributed by atoms with van der Waals surface area (Å²) in [4.78, 5) is 0. The van der Waals surface area contributed by atoms with Gasteiger partial charge >= 0.3 is 0 Å². The average molecular weight is 113 g/mol. The molecule has 2 fully saturated rings. The molecule has 1 N–H and O–H groups in total. The molecule has 2 heteroatoms. The van der Waals surface area contributed by atoms with Crippen molar-refractivity contribution in [1.29, 1.82) is 0 Å². The Morgan fingerprint density at radius 2 is 2.50 bits per heavy atom. The van der Waals surface area contributed by atoms with E-state index in [2.05, 4.69) is 12.2 Å².